The molecule has 1 unspecified atom stereocenters. The zero-order valence-corrected chi connectivity index (χ0v) is 12.4. The maximum Gasteiger partial charge on any atom is 0.161 e. The second-order valence-electron chi connectivity index (χ2n) is 4.76. The van der Waals surface area contributed by atoms with E-state index in [-0.39, 0.29) is 11.7 Å². The number of benzene rings is 2. The quantitative estimate of drug-likeness (QED) is 0.740. The Hall–Kier alpha value is -1.33. The van der Waals surface area contributed by atoms with Gasteiger partial charge in [0.1, 0.15) is 5.82 Å². The Labute approximate surface area is 129 Å². The van der Waals surface area contributed by atoms with Crippen LogP contribution in [0, 0.1) is 17.5 Å². The van der Waals surface area contributed by atoms with E-state index in [1.807, 2.05) is 12.1 Å². The van der Waals surface area contributed by atoms with Crippen LogP contribution in [0.1, 0.15) is 18.0 Å². The molecule has 1 atom stereocenters. The van der Waals surface area contributed by atoms with Gasteiger partial charge in [-0.15, -0.1) is 11.8 Å². The van der Waals surface area contributed by atoms with Gasteiger partial charge in [-0.25, -0.2) is 13.2 Å². The predicted molar refractivity (Wildman–Crippen MR) is 79.5 cm³/mol. The number of anilines is 1. The van der Waals surface area contributed by atoms with Gasteiger partial charge in [-0.3, -0.25) is 0 Å². The summed E-state index contributed by atoms with van der Waals surface area (Å²) in [4.78, 5) is 1.06. The lowest BCUT2D eigenvalue weighted by Gasteiger charge is -2.27. The van der Waals surface area contributed by atoms with E-state index in [0.717, 1.165) is 28.7 Å². The SMILES string of the molecule is Fc1cc(F)c(NC2CCSc3ccc(Cl)cc32)cc1F. The number of thioether (sulfide) groups is 1. The minimum atomic E-state index is -1.19. The average molecular weight is 330 g/mol. The summed E-state index contributed by atoms with van der Waals surface area (Å²) < 4.78 is 40.0. The smallest absolute Gasteiger partial charge is 0.161 e. The fraction of sp³-hybridized carbons (Fsp3) is 0.200. The molecule has 2 aromatic carbocycles. The van der Waals surface area contributed by atoms with Crippen LogP contribution in [0.15, 0.2) is 35.2 Å². The van der Waals surface area contributed by atoms with E-state index in [1.165, 1.54) is 0 Å². The molecule has 1 nitrogen and oxygen atoms in total. The van der Waals surface area contributed by atoms with Crippen molar-refractivity contribution in [3.63, 3.8) is 0 Å². The molecule has 1 aliphatic rings. The molecule has 0 radical (unpaired) electrons. The maximum atomic E-state index is 13.7. The molecular weight excluding hydrogens is 319 g/mol. The number of nitrogens with one attached hydrogen (secondary N) is 1. The molecule has 0 bridgehead atoms. The third-order valence-electron chi connectivity index (χ3n) is 3.35. The lowest BCUT2D eigenvalue weighted by Crippen LogP contribution is -2.17. The van der Waals surface area contributed by atoms with Gasteiger partial charge in [0.25, 0.3) is 0 Å². The summed E-state index contributed by atoms with van der Waals surface area (Å²) in [7, 11) is 0. The van der Waals surface area contributed by atoms with Crippen molar-refractivity contribution in [3.8, 4) is 0 Å². The lowest BCUT2D eigenvalue weighted by atomic mass is 10.0. The van der Waals surface area contributed by atoms with E-state index in [2.05, 4.69) is 5.32 Å². The molecular formula is C15H11ClF3NS. The van der Waals surface area contributed by atoms with Crippen molar-refractivity contribution in [2.45, 2.75) is 17.4 Å². The van der Waals surface area contributed by atoms with Crippen molar-refractivity contribution >= 4 is 29.1 Å². The molecule has 0 aliphatic carbocycles. The number of hydrogen-bond donors (Lipinski definition) is 1. The van der Waals surface area contributed by atoms with Crippen LogP contribution in [0.25, 0.3) is 0 Å². The molecule has 0 spiro atoms. The van der Waals surface area contributed by atoms with Gasteiger partial charge in [0.2, 0.25) is 0 Å². The van der Waals surface area contributed by atoms with Crippen LogP contribution in [-0.4, -0.2) is 5.75 Å². The van der Waals surface area contributed by atoms with E-state index < -0.39 is 17.5 Å². The molecule has 1 aliphatic heterocycles. The van der Waals surface area contributed by atoms with Crippen molar-refractivity contribution in [2.75, 3.05) is 11.1 Å². The van der Waals surface area contributed by atoms with E-state index >= 15 is 0 Å². The van der Waals surface area contributed by atoms with Crippen LogP contribution in [0.5, 0.6) is 0 Å². The summed E-state index contributed by atoms with van der Waals surface area (Å²) in [5.74, 6) is -2.22. The molecule has 0 saturated heterocycles. The summed E-state index contributed by atoms with van der Waals surface area (Å²) in [5.41, 5.74) is 0.902. The van der Waals surface area contributed by atoms with E-state index in [1.54, 1.807) is 17.8 Å². The maximum absolute atomic E-state index is 13.7. The monoisotopic (exact) mass is 329 g/mol. The standard InChI is InChI=1S/C15H11ClF3NS/c16-8-1-2-15-9(5-8)13(3-4-21-15)20-14-7-11(18)10(17)6-12(14)19/h1-2,5-7,13,20H,3-4H2. The number of hydrogen-bond acceptors (Lipinski definition) is 2. The van der Waals surface area contributed by atoms with E-state index in [4.69, 9.17) is 11.6 Å². The lowest BCUT2D eigenvalue weighted by molar-refractivity contribution is 0.495. The molecule has 1 N–H and O–H groups in total. The van der Waals surface area contributed by atoms with E-state index in [9.17, 15) is 13.2 Å². The molecule has 110 valence electrons. The van der Waals surface area contributed by atoms with Crippen LogP contribution >= 0.6 is 23.4 Å². The first-order chi connectivity index (χ1) is 10.0. The van der Waals surface area contributed by atoms with Gasteiger partial charge in [-0.2, -0.15) is 0 Å². The van der Waals surface area contributed by atoms with Crippen LogP contribution in [0.4, 0.5) is 18.9 Å². The minimum Gasteiger partial charge on any atom is -0.376 e. The second kappa shape index (κ2) is 5.81. The third kappa shape index (κ3) is 2.99. The Morgan fingerprint density at radius 3 is 2.62 bits per heavy atom. The number of fused-ring (bicyclic) bond motifs is 1. The highest BCUT2D eigenvalue weighted by Gasteiger charge is 2.22. The van der Waals surface area contributed by atoms with Gasteiger partial charge in [0.15, 0.2) is 11.6 Å². The molecule has 3 rings (SSSR count). The summed E-state index contributed by atoms with van der Waals surface area (Å²) in [5, 5.41) is 3.54. The molecule has 21 heavy (non-hydrogen) atoms. The highest BCUT2D eigenvalue weighted by atomic mass is 35.5. The molecule has 0 aromatic heterocycles. The van der Waals surface area contributed by atoms with Gasteiger partial charge in [0, 0.05) is 27.8 Å². The van der Waals surface area contributed by atoms with Gasteiger partial charge in [0.05, 0.1) is 11.7 Å². The average Bonchev–Trinajstić information content (AvgIpc) is 2.45. The van der Waals surface area contributed by atoms with Crippen molar-refractivity contribution < 1.29 is 13.2 Å². The largest absolute Gasteiger partial charge is 0.376 e. The fourth-order valence-electron chi connectivity index (χ4n) is 2.34. The van der Waals surface area contributed by atoms with Crippen LogP contribution in [0.3, 0.4) is 0 Å². The zero-order chi connectivity index (χ0) is 15.0. The second-order valence-corrected chi connectivity index (χ2v) is 6.34. The Bertz CT molecular complexity index is 693. The van der Waals surface area contributed by atoms with Crippen LogP contribution in [-0.2, 0) is 0 Å². The van der Waals surface area contributed by atoms with Gasteiger partial charge < -0.3 is 5.32 Å². The van der Waals surface area contributed by atoms with Crippen molar-refractivity contribution in [3.05, 3.63) is 58.4 Å². The summed E-state index contributed by atoms with van der Waals surface area (Å²) in [6, 6.07) is 6.74. The predicted octanol–water partition coefficient (Wildman–Crippen LogP) is 5.41. The van der Waals surface area contributed by atoms with Crippen molar-refractivity contribution in [2.24, 2.45) is 0 Å². The van der Waals surface area contributed by atoms with Gasteiger partial charge in [-0.05, 0) is 30.2 Å². The summed E-state index contributed by atoms with van der Waals surface area (Å²) in [6.07, 6.45) is 0.746. The Balaban J connectivity index is 1.93. The van der Waals surface area contributed by atoms with Crippen molar-refractivity contribution in [1.82, 2.24) is 0 Å². The molecule has 0 fully saturated rings. The van der Waals surface area contributed by atoms with E-state index in [0.29, 0.717) is 11.1 Å². The topological polar surface area (TPSA) is 12.0 Å². The summed E-state index contributed by atoms with van der Waals surface area (Å²) in [6.45, 7) is 0. The molecule has 1 heterocycles. The fourth-order valence-corrected chi connectivity index (χ4v) is 3.62. The summed E-state index contributed by atoms with van der Waals surface area (Å²) >= 11 is 7.70. The molecule has 6 heteroatoms. The Morgan fingerprint density at radius 2 is 1.81 bits per heavy atom. The normalized spacial score (nSPS) is 17.4. The Morgan fingerprint density at radius 1 is 1.05 bits per heavy atom. The van der Waals surface area contributed by atoms with Crippen LogP contribution < -0.4 is 5.32 Å². The first-order valence-corrected chi connectivity index (χ1v) is 7.74. The molecule has 2 aromatic rings. The highest BCUT2D eigenvalue weighted by molar-refractivity contribution is 7.99. The number of rotatable bonds is 2. The molecule has 0 amide bonds. The minimum absolute atomic E-state index is 0.0447. The number of halogens is 4. The zero-order valence-electron chi connectivity index (χ0n) is 10.8. The van der Waals surface area contributed by atoms with Crippen LogP contribution in [0.2, 0.25) is 5.02 Å². The van der Waals surface area contributed by atoms with Gasteiger partial charge in [-0.1, -0.05) is 11.6 Å². The third-order valence-corrected chi connectivity index (χ3v) is 4.71. The first-order valence-electron chi connectivity index (χ1n) is 6.38. The first kappa shape index (κ1) is 14.6. The molecule has 0 saturated carbocycles. The van der Waals surface area contributed by atoms with Crippen molar-refractivity contribution in [1.29, 1.82) is 0 Å². The van der Waals surface area contributed by atoms with Gasteiger partial charge >= 0.3 is 0 Å². The Kier molecular flexibility index (Phi) is 4.04. The highest BCUT2D eigenvalue weighted by Crippen LogP contribution is 2.39.